The highest BCUT2D eigenvalue weighted by molar-refractivity contribution is 5.78. The van der Waals surface area contributed by atoms with Gasteiger partial charge in [0.05, 0.1) is 14.2 Å². The molecule has 0 atom stereocenters. The van der Waals surface area contributed by atoms with Gasteiger partial charge in [-0.15, -0.1) is 0 Å². The number of nitrogens with zero attached hydrogens (tertiary/aromatic N) is 3. The Morgan fingerprint density at radius 1 is 0.897 bits per heavy atom. The van der Waals surface area contributed by atoms with Gasteiger partial charge < -0.3 is 24.5 Å². The van der Waals surface area contributed by atoms with Gasteiger partial charge in [-0.3, -0.25) is 0 Å². The molecule has 4 rings (SSSR count). The maximum Gasteiger partial charge on any atom is 0.229 e. The molecule has 0 aliphatic rings. The van der Waals surface area contributed by atoms with Crippen LogP contribution in [0.25, 0.3) is 11.1 Å². The van der Waals surface area contributed by atoms with E-state index < -0.39 is 0 Å². The number of fused-ring (bicyclic) bond motifs is 1. The molecular formula is C21H21N5O3. The van der Waals surface area contributed by atoms with Crippen molar-refractivity contribution in [1.82, 2.24) is 15.0 Å². The molecule has 0 amide bonds. The molecule has 0 spiro atoms. The number of oxazole rings is 1. The zero-order valence-corrected chi connectivity index (χ0v) is 16.6. The van der Waals surface area contributed by atoms with Crippen molar-refractivity contribution in [3.63, 3.8) is 0 Å². The lowest BCUT2D eigenvalue weighted by Crippen LogP contribution is -2.03. The predicted octanol–water partition coefficient (Wildman–Crippen LogP) is 4.74. The standard InChI is InChI=1S/C21H21N5O3/c1-12-7-15(9-18(27-3)19(12)28-4)25-21-22-10-13(2)20(26-21)24-14-5-6-17-16(8-14)23-11-29-17/h5-11H,1-4H3,(H2,22,24,25,26). The number of hydrogen-bond acceptors (Lipinski definition) is 8. The molecule has 0 unspecified atom stereocenters. The Hall–Kier alpha value is -3.81. The first-order valence-corrected chi connectivity index (χ1v) is 9.01. The van der Waals surface area contributed by atoms with Gasteiger partial charge in [0.25, 0.3) is 0 Å². The first kappa shape index (κ1) is 18.5. The van der Waals surface area contributed by atoms with Crippen LogP contribution in [0.2, 0.25) is 0 Å². The lowest BCUT2D eigenvalue weighted by atomic mass is 10.2. The van der Waals surface area contributed by atoms with Gasteiger partial charge in [-0.1, -0.05) is 0 Å². The van der Waals surface area contributed by atoms with E-state index in [1.807, 2.05) is 44.2 Å². The summed E-state index contributed by atoms with van der Waals surface area (Å²) in [5.74, 6) is 2.50. The molecule has 0 bridgehead atoms. The lowest BCUT2D eigenvalue weighted by molar-refractivity contribution is 0.353. The quantitative estimate of drug-likeness (QED) is 0.487. The summed E-state index contributed by atoms with van der Waals surface area (Å²) < 4.78 is 16.1. The molecule has 2 aromatic heterocycles. The van der Waals surface area contributed by atoms with Crippen LogP contribution in [0.1, 0.15) is 11.1 Å². The number of benzene rings is 2. The van der Waals surface area contributed by atoms with Crippen LogP contribution < -0.4 is 20.1 Å². The smallest absolute Gasteiger partial charge is 0.229 e. The number of aromatic nitrogens is 3. The van der Waals surface area contributed by atoms with Gasteiger partial charge in [0.15, 0.2) is 23.5 Å². The second-order valence-electron chi connectivity index (χ2n) is 6.54. The van der Waals surface area contributed by atoms with Crippen LogP contribution in [0, 0.1) is 13.8 Å². The molecule has 2 aromatic carbocycles. The number of nitrogens with one attached hydrogen (secondary N) is 2. The van der Waals surface area contributed by atoms with Crippen LogP contribution in [-0.4, -0.2) is 29.2 Å². The van der Waals surface area contributed by atoms with E-state index in [4.69, 9.17) is 13.9 Å². The van der Waals surface area contributed by atoms with Crippen molar-refractivity contribution >= 4 is 34.2 Å². The predicted molar refractivity (Wildman–Crippen MR) is 112 cm³/mol. The van der Waals surface area contributed by atoms with Crippen LogP contribution in [0.3, 0.4) is 0 Å². The molecule has 2 N–H and O–H groups in total. The molecule has 0 fully saturated rings. The molecule has 8 heteroatoms. The number of ether oxygens (including phenoxy) is 2. The molecular weight excluding hydrogens is 370 g/mol. The summed E-state index contributed by atoms with van der Waals surface area (Å²) in [7, 11) is 3.23. The minimum Gasteiger partial charge on any atom is -0.493 e. The van der Waals surface area contributed by atoms with Crippen LogP contribution in [0.15, 0.2) is 47.3 Å². The van der Waals surface area contributed by atoms with Crippen molar-refractivity contribution in [1.29, 1.82) is 0 Å². The topological polar surface area (TPSA) is 94.3 Å². The zero-order valence-electron chi connectivity index (χ0n) is 16.6. The molecule has 29 heavy (non-hydrogen) atoms. The fourth-order valence-corrected chi connectivity index (χ4v) is 3.06. The third kappa shape index (κ3) is 3.77. The maximum absolute atomic E-state index is 5.41. The highest BCUT2D eigenvalue weighted by atomic mass is 16.5. The molecule has 148 valence electrons. The molecule has 0 radical (unpaired) electrons. The van der Waals surface area contributed by atoms with Crippen LogP contribution >= 0.6 is 0 Å². The Bertz CT molecular complexity index is 1170. The van der Waals surface area contributed by atoms with Crippen LogP contribution in [-0.2, 0) is 0 Å². The van der Waals surface area contributed by atoms with E-state index in [0.29, 0.717) is 23.3 Å². The summed E-state index contributed by atoms with van der Waals surface area (Å²) >= 11 is 0. The van der Waals surface area contributed by atoms with E-state index in [2.05, 4.69) is 25.6 Å². The van der Waals surface area contributed by atoms with Crippen molar-refractivity contribution in [3.05, 3.63) is 54.0 Å². The SMILES string of the molecule is COc1cc(Nc2ncc(C)c(Nc3ccc4ocnc4c3)n2)cc(C)c1OC. The summed E-state index contributed by atoms with van der Waals surface area (Å²) in [6.45, 7) is 3.90. The molecule has 0 saturated carbocycles. The zero-order chi connectivity index (χ0) is 20.4. The molecule has 2 heterocycles. The number of hydrogen-bond donors (Lipinski definition) is 2. The first-order valence-electron chi connectivity index (χ1n) is 9.01. The van der Waals surface area contributed by atoms with E-state index >= 15 is 0 Å². The monoisotopic (exact) mass is 391 g/mol. The van der Waals surface area contributed by atoms with E-state index in [9.17, 15) is 0 Å². The minimum atomic E-state index is 0.465. The Labute approximate surface area is 167 Å². The minimum absolute atomic E-state index is 0.465. The molecule has 8 nitrogen and oxygen atoms in total. The van der Waals surface area contributed by atoms with Gasteiger partial charge in [-0.05, 0) is 43.7 Å². The van der Waals surface area contributed by atoms with Gasteiger partial charge in [0.1, 0.15) is 11.3 Å². The summed E-state index contributed by atoms with van der Waals surface area (Å²) in [6.07, 6.45) is 3.19. The normalized spacial score (nSPS) is 10.8. The van der Waals surface area contributed by atoms with Gasteiger partial charge in [0, 0.05) is 29.2 Å². The molecule has 0 aliphatic heterocycles. The second-order valence-corrected chi connectivity index (χ2v) is 6.54. The second kappa shape index (κ2) is 7.67. The van der Waals surface area contributed by atoms with E-state index in [1.54, 1.807) is 20.4 Å². The van der Waals surface area contributed by atoms with Crippen molar-refractivity contribution in [2.24, 2.45) is 0 Å². The number of methoxy groups -OCH3 is 2. The largest absolute Gasteiger partial charge is 0.493 e. The highest BCUT2D eigenvalue weighted by Gasteiger charge is 2.11. The van der Waals surface area contributed by atoms with Crippen LogP contribution in [0.5, 0.6) is 11.5 Å². The van der Waals surface area contributed by atoms with E-state index in [0.717, 1.165) is 33.6 Å². The van der Waals surface area contributed by atoms with Gasteiger partial charge >= 0.3 is 0 Å². The number of rotatable bonds is 6. The van der Waals surface area contributed by atoms with Gasteiger partial charge in [0.2, 0.25) is 5.95 Å². The van der Waals surface area contributed by atoms with Crippen LogP contribution in [0.4, 0.5) is 23.1 Å². The van der Waals surface area contributed by atoms with Crippen molar-refractivity contribution in [2.45, 2.75) is 13.8 Å². The lowest BCUT2D eigenvalue weighted by Gasteiger charge is -2.14. The Kier molecular flexibility index (Phi) is 4.90. The van der Waals surface area contributed by atoms with E-state index in [-0.39, 0.29) is 0 Å². The van der Waals surface area contributed by atoms with Crippen molar-refractivity contribution in [2.75, 3.05) is 24.9 Å². The number of aryl methyl sites for hydroxylation is 2. The van der Waals surface area contributed by atoms with Crippen molar-refractivity contribution < 1.29 is 13.9 Å². The average Bonchev–Trinajstić information content (AvgIpc) is 3.18. The van der Waals surface area contributed by atoms with Gasteiger partial charge in [-0.25, -0.2) is 9.97 Å². The summed E-state index contributed by atoms with van der Waals surface area (Å²) in [5.41, 5.74) is 5.04. The Balaban J connectivity index is 1.60. The third-order valence-corrected chi connectivity index (χ3v) is 4.49. The summed E-state index contributed by atoms with van der Waals surface area (Å²) in [4.78, 5) is 13.2. The first-order chi connectivity index (χ1) is 14.1. The molecule has 0 aliphatic carbocycles. The molecule has 0 saturated heterocycles. The summed E-state index contributed by atoms with van der Waals surface area (Å²) in [5, 5.41) is 6.54. The average molecular weight is 391 g/mol. The van der Waals surface area contributed by atoms with Gasteiger partial charge in [-0.2, -0.15) is 4.98 Å². The fraction of sp³-hybridized carbons (Fsp3) is 0.190. The third-order valence-electron chi connectivity index (χ3n) is 4.49. The summed E-state index contributed by atoms with van der Waals surface area (Å²) in [6, 6.07) is 9.49. The Morgan fingerprint density at radius 3 is 2.55 bits per heavy atom. The van der Waals surface area contributed by atoms with Crippen molar-refractivity contribution in [3.8, 4) is 11.5 Å². The molecule has 4 aromatic rings. The Morgan fingerprint density at radius 2 is 1.76 bits per heavy atom. The number of anilines is 4. The fourth-order valence-electron chi connectivity index (χ4n) is 3.06. The van der Waals surface area contributed by atoms with E-state index in [1.165, 1.54) is 6.39 Å². The highest BCUT2D eigenvalue weighted by Crippen LogP contribution is 2.35. The maximum atomic E-state index is 5.41.